The van der Waals surface area contributed by atoms with Gasteiger partial charge in [-0.3, -0.25) is 19.3 Å². The summed E-state index contributed by atoms with van der Waals surface area (Å²) in [5, 5.41) is 2.74. The number of hydrogen-bond acceptors (Lipinski definition) is 5. The lowest BCUT2D eigenvalue weighted by Gasteiger charge is -2.14. The summed E-state index contributed by atoms with van der Waals surface area (Å²) in [5.74, 6) is -0.118. The number of carbonyl (C=O) groups excluding carboxylic acids is 3. The van der Waals surface area contributed by atoms with Crippen molar-refractivity contribution in [3.63, 3.8) is 0 Å². The maximum absolute atomic E-state index is 12.3. The molecule has 1 aliphatic carbocycles. The predicted octanol–water partition coefficient (Wildman–Crippen LogP) is 0.983. The summed E-state index contributed by atoms with van der Waals surface area (Å²) in [7, 11) is 0. The second-order valence-corrected chi connectivity index (χ2v) is 6.38. The van der Waals surface area contributed by atoms with Crippen molar-refractivity contribution in [3.8, 4) is 11.5 Å². The first-order chi connectivity index (χ1) is 12.1. The van der Waals surface area contributed by atoms with E-state index in [-0.39, 0.29) is 42.9 Å². The van der Waals surface area contributed by atoms with Gasteiger partial charge in [0.05, 0.1) is 11.8 Å². The van der Waals surface area contributed by atoms with Gasteiger partial charge in [0.2, 0.25) is 24.5 Å². The summed E-state index contributed by atoms with van der Waals surface area (Å²) in [6, 6.07) is 5.42. The molecular weight excluding hydrogens is 324 g/mol. The molecular formula is C18H18N2O5. The number of fused-ring (bicyclic) bond motifs is 2. The van der Waals surface area contributed by atoms with E-state index >= 15 is 0 Å². The second kappa shape index (κ2) is 6.23. The van der Waals surface area contributed by atoms with E-state index < -0.39 is 0 Å². The van der Waals surface area contributed by atoms with Gasteiger partial charge in [0, 0.05) is 6.54 Å². The lowest BCUT2D eigenvalue weighted by molar-refractivity contribution is -0.143. The molecule has 25 heavy (non-hydrogen) atoms. The van der Waals surface area contributed by atoms with Crippen molar-refractivity contribution in [2.24, 2.45) is 11.8 Å². The number of imide groups is 1. The zero-order valence-electron chi connectivity index (χ0n) is 13.6. The number of nitrogens with zero attached hydrogens (tertiary/aromatic N) is 1. The van der Waals surface area contributed by atoms with E-state index in [1.807, 2.05) is 18.2 Å². The maximum Gasteiger partial charge on any atom is 0.240 e. The Morgan fingerprint density at radius 1 is 1.08 bits per heavy atom. The minimum atomic E-state index is -0.356. The highest BCUT2D eigenvalue weighted by Gasteiger charge is 2.47. The lowest BCUT2D eigenvalue weighted by atomic mass is 9.85. The minimum Gasteiger partial charge on any atom is -0.454 e. The van der Waals surface area contributed by atoms with Crippen LogP contribution in [0, 0.1) is 11.8 Å². The van der Waals surface area contributed by atoms with E-state index in [0.29, 0.717) is 30.9 Å². The minimum absolute atomic E-state index is 0.196. The maximum atomic E-state index is 12.3. The van der Waals surface area contributed by atoms with Gasteiger partial charge in [-0.1, -0.05) is 18.2 Å². The van der Waals surface area contributed by atoms with E-state index in [1.165, 1.54) is 0 Å². The van der Waals surface area contributed by atoms with Crippen LogP contribution in [-0.4, -0.2) is 36.0 Å². The van der Waals surface area contributed by atoms with Crippen molar-refractivity contribution in [2.75, 3.05) is 13.3 Å². The molecule has 0 spiro atoms. The van der Waals surface area contributed by atoms with Gasteiger partial charge in [-0.15, -0.1) is 0 Å². The molecule has 0 radical (unpaired) electrons. The molecule has 1 saturated heterocycles. The topological polar surface area (TPSA) is 84.9 Å². The van der Waals surface area contributed by atoms with Gasteiger partial charge in [-0.25, -0.2) is 0 Å². The zero-order valence-corrected chi connectivity index (χ0v) is 13.6. The van der Waals surface area contributed by atoms with Crippen molar-refractivity contribution < 1.29 is 23.9 Å². The Morgan fingerprint density at radius 2 is 1.76 bits per heavy atom. The third-order valence-electron chi connectivity index (χ3n) is 4.83. The molecule has 1 N–H and O–H groups in total. The summed E-state index contributed by atoms with van der Waals surface area (Å²) in [6.45, 7) is 0.261. The van der Waals surface area contributed by atoms with Crippen LogP contribution in [-0.2, 0) is 20.9 Å². The van der Waals surface area contributed by atoms with E-state index in [4.69, 9.17) is 9.47 Å². The molecule has 3 aliphatic rings. The van der Waals surface area contributed by atoms with Gasteiger partial charge in [0.1, 0.15) is 6.54 Å². The first kappa shape index (κ1) is 15.7. The first-order valence-electron chi connectivity index (χ1n) is 8.29. The van der Waals surface area contributed by atoms with Gasteiger partial charge >= 0.3 is 0 Å². The number of nitrogens with one attached hydrogen (secondary N) is 1. The highest BCUT2D eigenvalue weighted by atomic mass is 16.7. The second-order valence-electron chi connectivity index (χ2n) is 6.38. The van der Waals surface area contributed by atoms with Crippen LogP contribution in [0.3, 0.4) is 0 Å². The third-order valence-corrected chi connectivity index (χ3v) is 4.83. The highest BCUT2D eigenvalue weighted by molar-refractivity contribution is 6.07. The van der Waals surface area contributed by atoms with Crippen LogP contribution in [0.25, 0.3) is 0 Å². The normalized spacial score (nSPS) is 23.8. The van der Waals surface area contributed by atoms with Crippen LogP contribution in [0.15, 0.2) is 30.4 Å². The quantitative estimate of drug-likeness (QED) is 0.651. The Hall–Kier alpha value is -2.83. The molecule has 7 heteroatoms. The van der Waals surface area contributed by atoms with Crippen molar-refractivity contribution in [1.82, 2.24) is 10.2 Å². The average Bonchev–Trinajstić information content (AvgIpc) is 3.19. The molecule has 2 atom stereocenters. The number of ether oxygens (including phenoxy) is 2. The van der Waals surface area contributed by atoms with E-state index in [0.717, 1.165) is 10.5 Å². The molecule has 0 saturated carbocycles. The van der Waals surface area contributed by atoms with Gasteiger partial charge in [0.25, 0.3) is 0 Å². The summed E-state index contributed by atoms with van der Waals surface area (Å²) < 4.78 is 10.5. The van der Waals surface area contributed by atoms with Gasteiger partial charge in [-0.05, 0) is 30.5 Å². The Kier molecular flexibility index (Phi) is 3.91. The standard InChI is InChI=1S/C18H18N2O5/c21-16(19-8-11-5-6-14-15(7-11)25-10-24-14)9-20-17(22)12-3-1-2-4-13(12)18(20)23/h1-2,5-7,12-13H,3-4,8-10H2,(H,19,21)/t12-,13-/m1/s1. The van der Waals surface area contributed by atoms with E-state index in [1.54, 1.807) is 12.1 Å². The summed E-state index contributed by atoms with van der Waals surface area (Å²) >= 11 is 0. The van der Waals surface area contributed by atoms with Crippen LogP contribution in [0.4, 0.5) is 0 Å². The average molecular weight is 342 g/mol. The number of hydrogen-bond donors (Lipinski definition) is 1. The third kappa shape index (κ3) is 2.86. The molecule has 0 unspecified atom stereocenters. The molecule has 1 aromatic carbocycles. The Labute approximate surface area is 144 Å². The van der Waals surface area contributed by atoms with Gasteiger partial charge < -0.3 is 14.8 Å². The van der Waals surface area contributed by atoms with Crippen molar-refractivity contribution in [1.29, 1.82) is 0 Å². The Balaban J connectivity index is 1.35. The van der Waals surface area contributed by atoms with Crippen LogP contribution in [0.2, 0.25) is 0 Å². The van der Waals surface area contributed by atoms with Gasteiger partial charge in [0.15, 0.2) is 11.5 Å². The lowest BCUT2D eigenvalue weighted by Crippen LogP contribution is -2.40. The number of amides is 3. The summed E-state index contributed by atoms with van der Waals surface area (Å²) in [5.41, 5.74) is 0.856. The number of rotatable bonds is 4. The molecule has 2 aliphatic heterocycles. The number of allylic oxidation sites excluding steroid dienone is 2. The van der Waals surface area contributed by atoms with E-state index in [9.17, 15) is 14.4 Å². The highest BCUT2D eigenvalue weighted by Crippen LogP contribution is 2.35. The Morgan fingerprint density at radius 3 is 2.48 bits per heavy atom. The number of benzene rings is 1. The monoisotopic (exact) mass is 342 g/mol. The number of likely N-dealkylation sites (tertiary alicyclic amines) is 1. The Bertz CT molecular complexity index is 747. The van der Waals surface area contributed by atoms with Crippen molar-refractivity contribution in [3.05, 3.63) is 35.9 Å². The predicted molar refractivity (Wildman–Crippen MR) is 86.5 cm³/mol. The molecule has 2 heterocycles. The van der Waals surface area contributed by atoms with Crippen LogP contribution in [0.5, 0.6) is 11.5 Å². The van der Waals surface area contributed by atoms with Crippen molar-refractivity contribution in [2.45, 2.75) is 19.4 Å². The number of carbonyl (C=O) groups is 3. The zero-order chi connectivity index (χ0) is 17.4. The molecule has 0 aromatic heterocycles. The molecule has 1 aromatic rings. The molecule has 3 amide bonds. The fourth-order valence-corrected chi connectivity index (χ4v) is 3.48. The fourth-order valence-electron chi connectivity index (χ4n) is 3.48. The molecule has 0 bridgehead atoms. The van der Waals surface area contributed by atoms with Crippen LogP contribution < -0.4 is 14.8 Å². The van der Waals surface area contributed by atoms with E-state index in [2.05, 4.69) is 5.32 Å². The first-order valence-corrected chi connectivity index (χ1v) is 8.29. The van der Waals surface area contributed by atoms with Crippen LogP contribution >= 0.6 is 0 Å². The molecule has 7 nitrogen and oxygen atoms in total. The summed E-state index contributed by atoms with van der Waals surface area (Å²) in [4.78, 5) is 38.0. The SMILES string of the molecule is O=C(CN1C(=O)[C@@H]2CC=CC[C@H]2C1=O)NCc1ccc2c(c1)OCO2. The largest absolute Gasteiger partial charge is 0.454 e. The van der Waals surface area contributed by atoms with Crippen molar-refractivity contribution >= 4 is 17.7 Å². The molecule has 4 rings (SSSR count). The molecule has 1 fully saturated rings. The fraction of sp³-hybridized carbons (Fsp3) is 0.389. The molecule has 130 valence electrons. The summed E-state index contributed by atoms with van der Waals surface area (Å²) in [6.07, 6.45) is 5.00. The smallest absolute Gasteiger partial charge is 0.240 e. The van der Waals surface area contributed by atoms with Crippen LogP contribution in [0.1, 0.15) is 18.4 Å². The van der Waals surface area contributed by atoms with Gasteiger partial charge in [-0.2, -0.15) is 0 Å².